The maximum Gasteiger partial charge on any atom is 0.264 e. The SMILES string of the molecule is Cc1ccc(S(=O)(=O)N(C[C@@H](O)Cn2c3ccc(Cl)cc3c3cc(Cl)ccc32)c2ccccc2)cc1. The molecule has 184 valence electrons. The average molecular weight is 539 g/mol. The van der Waals surface area contributed by atoms with Gasteiger partial charge in [0, 0.05) is 31.9 Å². The zero-order valence-corrected chi connectivity index (χ0v) is 21.8. The quantitative estimate of drug-likeness (QED) is 0.251. The zero-order valence-electron chi connectivity index (χ0n) is 19.5. The number of aliphatic hydroxyl groups is 1. The van der Waals surface area contributed by atoms with Crippen LogP contribution >= 0.6 is 23.2 Å². The summed E-state index contributed by atoms with van der Waals surface area (Å²) < 4.78 is 30.6. The third-order valence-electron chi connectivity index (χ3n) is 6.21. The van der Waals surface area contributed by atoms with Crippen LogP contribution in [0.15, 0.2) is 95.9 Å². The van der Waals surface area contributed by atoms with Crippen molar-refractivity contribution in [3.05, 3.63) is 107 Å². The molecule has 5 aromatic rings. The molecule has 1 N–H and O–H groups in total. The van der Waals surface area contributed by atoms with Gasteiger partial charge in [-0.3, -0.25) is 4.31 Å². The number of hydrogen-bond donors (Lipinski definition) is 1. The van der Waals surface area contributed by atoms with Crippen LogP contribution in [0.3, 0.4) is 0 Å². The fraction of sp³-hybridized carbons (Fsp3) is 0.143. The summed E-state index contributed by atoms with van der Waals surface area (Å²) >= 11 is 12.5. The lowest BCUT2D eigenvalue weighted by atomic mass is 10.1. The second-order valence-electron chi connectivity index (χ2n) is 8.77. The highest BCUT2D eigenvalue weighted by molar-refractivity contribution is 7.92. The van der Waals surface area contributed by atoms with Crippen LogP contribution < -0.4 is 4.31 Å². The Morgan fingerprint density at radius 3 is 1.94 bits per heavy atom. The van der Waals surface area contributed by atoms with Gasteiger partial charge in [-0.1, -0.05) is 59.1 Å². The van der Waals surface area contributed by atoms with Crippen molar-refractivity contribution in [2.24, 2.45) is 0 Å². The molecule has 0 amide bonds. The second-order valence-corrected chi connectivity index (χ2v) is 11.5. The number of sulfonamides is 1. The van der Waals surface area contributed by atoms with E-state index in [9.17, 15) is 13.5 Å². The Morgan fingerprint density at radius 1 is 0.833 bits per heavy atom. The molecule has 5 rings (SSSR count). The zero-order chi connectivity index (χ0) is 25.4. The van der Waals surface area contributed by atoms with Crippen LogP contribution in [0.5, 0.6) is 0 Å². The van der Waals surface area contributed by atoms with Crippen molar-refractivity contribution in [1.82, 2.24) is 4.57 Å². The van der Waals surface area contributed by atoms with Gasteiger partial charge in [0.05, 0.1) is 29.8 Å². The number of aliphatic hydroxyl groups excluding tert-OH is 1. The van der Waals surface area contributed by atoms with Crippen LogP contribution in [0.2, 0.25) is 10.0 Å². The van der Waals surface area contributed by atoms with Crippen LogP contribution in [-0.2, 0) is 16.6 Å². The molecule has 0 aliphatic rings. The second kappa shape index (κ2) is 9.79. The molecule has 1 atom stereocenters. The van der Waals surface area contributed by atoms with Gasteiger partial charge in [0.1, 0.15) is 0 Å². The standard InChI is InChI=1S/C28H24Cl2N2O3S/c1-19-7-11-24(12-8-19)36(34,35)32(22-5-3-2-4-6-22)18-23(33)17-31-27-13-9-20(29)15-25(27)26-16-21(30)10-14-28(26)31/h2-16,23,33H,17-18H2,1H3/t23-/m0/s1. The molecular weight excluding hydrogens is 515 g/mol. The molecule has 5 nitrogen and oxygen atoms in total. The molecule has 1 aromatic heterocycles. The van der Waals surface area contributed by atoms with Crippen molar-refractivity contribution in [2.45, 2.75) is 24.5 Å². The monoisotopic (exact) mass is 538 g/mol. The van der Waals surface area contributed by atoms with Gasteiger partial charge in [0.15, 0.2) is 0 Å². The highest BCUT2D eigenvalue weighted by Gasteiger charge is 2.28. The molecule has 0 saturated carbocycles. The summed E-state index contributed by atoms with van der Waals surface area (Å²) in [6, 6.07) is 26.7. The van der Waals surface area contributed by atoms with Crippen LogP contribution in [0.4, 0.5) is 5.69 Å². The third kappa shape index (κ3) is 4.70. The molecule has 36 heavy (non-hydrogen) atoms. The van der Waals surface area contributed by atoms with Crippen molar-refractivity contribution in [3.63, 3.8) is 0 Å². The van der Waals surface area contributed by atoms with E-state index in [2.05, 4.69) is 0 Å². The maximum absolute atomic E-state index is 13.7. The molecule has 1 heterocycles. The van der Waals surface area contributed by atoms with Gasteiger partial charge < -0.3 is 9.67 Å². The van der Waals surface area contributed by atoms with Gasteiger partial charge in [0.2, 0.25) is 0 Å². The van der Waals surface area contributed by atoms with E-state index < -0.39 is 16.1 Å². The Labute approximate surface area is 220 Å². The van der Waals surface area contributed by atoms with E-state index in [0.29, 0.717) is 15.7 Å². The van der Waals surface area contributed by atoms with Crippen LogP contribution in [-0.4, -0.2) is 30.7 Å². The van der Waals surface area contributed by atoms with Crippen molar-refractivity contribution in [1.29, 1.82) is 0 Å². The highest BCUT2D eigenvalue weighted by atomic mass is 35.5. The van der Waals surface area contributed by atoms with E-state index in [1.807, 2.05) is 41.8 Å². The summed E-state index contributed by atoms with van der Waals surface area (Å²) in [7, 11) is -3.91. The number of anilines is 1. The van der Waals surface area contributed by atoms with E-state index in [-0.39, 0.29) is 18.0 Å². The predicted octanol–water partition coefficient (Wildman–Crippen LogP) is 6.67. The molecule has 4 aromatic carbocycles. The molecular formula is C28H24Cl2N2O3S. The normalized spacial score (nSPS) is 12.8. The lowest BCUT2D eigenvalue weighted by Gasteiger charge is -2.27. The molecule has 0 radical (unpaired) electrons. The number of para-hydroxylation sites is 1. The first kappa shape index (κ1) is 24.7. The summed E-state index contributed by atoms with van der Waals surface area (Å²) in [5, 5.41) is 14.3. The molecule has 0 unspecified atom stereocenters. The first-order valence-corrected chi connectivity index (χ1v) is 13.6. The smallest absolute Gasteiger partial charge is 0.264 e. The van der Waals surface area contributed by atoms with Crippen molar-refractivity contribution >= 4 is 60.7 Å². The minimum absolute atomic E-state index is 0.122. The number of aryl methyl sites for hydroxylation is 1. The summed E-state index contributed by atoms with van der Waals surface area (Å²) in [5.74, 6) is 0. The first-order valence-electron chi connectivity index (χ1n) is 11.4. The fourth-order valence-electron chi connectivity index (χ4n) is 4.48. The molecule has 0 saturated heterocycles. The number of rotatable bonds is 7. The number of hydrogen-bond acceptors (Lipinski definition) is 3. The van der Waals surface area contributed by atoms with Gasteiger partial charge in [-0.15, -0.1) is 0 Å². The van der Waals surface area contributed by atoms with Crippen molar-refractivity contribution in [3.8, 4) is 0 Å². The molecule has 0 spiro atoms. The lowest BCUT2D eigenvalue weighted by Crippen LogP contribution is -2.39. The van der Waals surface area contributed by atoms with Gasteiger partial charge in [-0.05, 0) is 67.6 Å². The Balaban J connectivity index is 1.54. The van der Waals surface area contributed by atoms with Crippen molar-refractivity contribution < 1.29 is 13.5 Å². The molecule has 8 heteroatoms. The summed E-state index contributed by atoms with van der Waals surface area (Å²) in [6.07, 6.45) is -1.00. The average Bonchev–Trinajstić information content (AvgIpc) is 3.15. The van der Waals surface area contributed by atoms with E-state index in [1.54, 1.807) is 60.7 Å². The molecule has 0 aliphatic carbocycles. The lowest BCUT2D eigenvalue weighted by molar-refractivity contribution is 0.166. The minimum Gasteiger partial charge on any atom is -0.389 e. The van der Waals surface area contributed by atoms with Gasteiger partial charge >= 0.3 is 0 Å². The summed E-state index contributed by atoms with van der Waals surface area (Å²) in [6.45, 7) is 1.96. The van der Waals surface area contributed by atoms with Crippen LogP contribution in [0, 0.1) is 6.92 Å². The maximum atomic E-state index is 13.7. The van der Waals surface area contributed by atoms with E-state index in [0.717, 1.165) is 27.4 Å². The topological polar surface area (TPSA) is 62.5 Å². The van der Waals surface area contributed by atoms with Gasteiger partial charge in [-0.2, -0.15) is 0 Å². The highest BCUT2D eigenvalue weighted by Crippen LogP contribution is 2.33. The summed E-state index contributed by atoms with van der Waals surface area (Å²) in [5.41, 5.74) is 3.21. The van der Waals surface area contributed by atoms with Gasteiger partial charge in [-0.25, -0.2) is 8.42 Å². The number of aromatic nitrogens is 1. The van der Waals surface area contributed by atoms with E-state index in [4.69, 9.17) is 23.2 Å². The van der Waals surface area contributed by atoms with E-state index >= 15 is 0 Å². The Bertz CT molecular complexity index is 1590. The predicted molar refractivity (Wildman–Crippen MR) is 148 cm³/mol. The third-order valence-corrected chi connectivity index (χ3v) is 8.49. The first-order chi connectivity index (χ1) is 17.2. The minimum atomic E-state index is -3.91. The molecule has 0 aliphatic heterocycles. The largest absolute Gasteiger partial charge is 0.389 e. The molecule has 0 fully saturated rings. The number of benzene rings is 4. The van der Waals surface area contributed by atoms with Crippen LogP contribution in [0.25, 0.3) is 21.8 Å². The number of nitrogens with zero attached hydrogens (tertiary/aromatic N) is 2. The number of fused-ring (bicyclic) bond motifs is 3. The Hall–Kier alpha value is -3.03. The Morgan fingerprint density at radius 2 is 1.39 bits per heavy atom. The Kier molecular flexibility index (Phi) is 6.70. The van der Waals surface area contributed by atoms with Crippen molar-refractivity contribution in [2.75, 3.05) is 10.8 Å². The fourth-order valence-corrected chi connectivity index (χ4v) is 6.33. The summed E-state index contributed by atoms with van der Waals surface area (Å²) in [4.78, 5) is 0.172. The molecule has 0 bridgehead atoms. The van der Waals surface area contributed by atoms with Gasteiger partial charge in [0.25, 0.3) is 10.0 Å². The van der Waals surface area contributed by atoms with Crippen LogP contribution in [0.1, 0.15) is 5.56 Å². The number of halogens is 2. The van der Waals surface area contributed by atoms with E-state index in [1.165, 1.54) is 4.31 Å².